The summed E-state index contributed by atoms with van der Waals surface area (Å²) in [7, 11) is 0. The van der Waals surface area contributed by atoms with Gasteiger partial charge in [0.05, 0.1) is 5.75 Å². The Balaban J connectivity index is 1.51. The minimum atomic E-state index is 0.0236. The molecule has 3 rings (SSSR count). The minimum Gasteiger partial charge on any atom is -0.355 e. The first kappa shape index (κ1) is 17.8. The van der Waals surface area contributed by atoms with E-state index in [-0.39, 0.29) is 5.91 Å². The largest absolute Gasteiger partial charge is 0.355 e. The van der Waals surface area contributed by atoms with Crippen molar-refractivity contribution >= 4 is 17.7 Å². The van der Waals surface area contributed by atoms with Gasteiger partial charge in [-0.25, -0.2) is 4.68 Å². The molecule has 0 aliphatic heterocycles. The second kappa shape index (κ2) is 8.38. The number of nitrogens with one attached hydrogen (secondary N) is 1. The number of benzene rings is 1. The van der Waals surface area contributed by atoms with Crippen molar-refractivity contribution < 1.29 is 4.79 Å². The van der Waals surface area contributed by atoms with Crippen molar-refractivity contribution in [2.75, 3.05) is 18.1 Å². The predicted molar refractivity (Wildman–Crippen MR) is 101 cm³/mol. The number of carbonyl (C=O) groups is 1. The van der Waals surface area contributed by atoms with Crippen molar-refractivity contribution in [1.29, 1.82) is 0 Å². The Labute approximate surface area is 152 Å². The van der Waals surface area contributed by atoms with Gasteiger partial charge in [-0.15, -0.1) is 10.2 Å². The van der Waals surface area contributed by atoms with E-state index in [9.17, 15) is 4.79 Å². The third-order valence-electron chi connectivity index (χ3n) is 4.62. The number of aromatic nitrogens is 3. The van der Waals surface area contributed by atoms with Crippen LogP contribution in [0.4, 0.5) is 0 Å². The highest BCUT2D eigenvalue weighted by atomic mass is 32.2. The second-order valence-electron chi connectivity index (χ2n) is 6.64. The van der Waals surface area contributed by atoms with Crippen molar-refractivity contribution in [3.63, 3.8) is 0 Å². The lowest BCUT2D eigenvalue weighted by atomic mass is 9.89. The highest BCUT2D eigenvalue weighted by Crippen LogP contribution is 2.23. The molecule has 2 aromatic rings. The molecule has 6 nitrogen and oxygen atoms in total. The molecule has 0 radical (unpaired) electrons. The van der Waals surface area contributed by atoms with Crippen LogP contribution in [-0.4, -0.2) is 33.1 Å². The SMILES string of the molecule is Cc1ccc(-c2nnc(SCC(=O)NCC3CCCCC3)n2N)cc1. The number of hydrogen-bond acceptors (Lipinski definition) is 5. The summed E-state index contributed by atoms with van der Waals surface area (Å²) in [6, 6.07) is 7.95. The summed E-state index contributed by atoms with van der Waals surface area (Å²) in [5, 5.41) is 11.8. The third kappa shape index (κ3) is 4.75. The molecular formula is C18H25N5OS. The normalized spacial score (nSPS) is 15.2. The van der Waals surface area contributed by atoms with Gasteiger partial charge in [-0.3, -0.25) is 4.79 Å². The first-order chi connectivity index (χ1) is 12.1. The van der Waals surface area contributed by atoms with E-state index in [0.29, 0.717) is 22.7 Å². The molecule has 1 aliphatic carbocycles. The van der Waals surface area contributed by atoms with Gasteiger partial charge in [0.2, 0.25) is 11.1 Å². The zero-order chi connectivity index (χ0) is 17.6. The third-order valence-corrected chi connectivity index (χ3v) is 5.56. The average molecular weight is 359 g/mol. The van der Waals surface area contributed by atoms with E-state index in [1.54, 1.807) is 0 Å². The molecule has 25 heavy (non-hydrogen) atoms. The molecule has 1 fully saturated rings. The van der Waals surface area contributed by atoms with Crippen LogP contribution >= 0.6 is 11.8 Å². The maximum Gasteiger partial charge on any atom is 0.230 e. The number of nitrogens with two attached hydrogens (primary N) is 1. The van der Waals surface area contributed by atoms with Gasteiger partial charge >= 0.3 is 0 Å². The van der Waals surface area contributed by atoms with Crippen LogP contribution in [0.1, 0.15) is 37.7 Å². The van der Waals surface area contributed by atoms with Crippen LogP contribution in [0.25, 0.3) is 11.4 Å². The smallest absolute Gasteiger partial charge is 0.230 e. The van der Waals surface area contributed by atoms with Crippen molar-refractivity contribution in [3.8, 4) is 11.4 Å². The molecule has 0 spiro atoms. The molecule has 1 aliphatic rings. The molecule has 1 aromatic heterocycles. The van der Waals surface area contributed by atoms with Crippen LogP contribution < -0.4 is 11.2 Å². The lowest BCUT2D eigenvalue weighted by Crippen LogP contribution is -2.31. The highest BCUT2D eigenvalue weighted by Gasteiger charge is 2.16. The van der Waals surface area contributed by atoms with Gasteiger partial charge < -0.3 is 11.2 Å². The standard InChI is InChI=1S/C18H25N5OS/c1-13-7-9-15(10-8-13)17-21-22-18(23(17)19)25-12-16(24)20-11-14-5-3-2-4-6-14/h7-10,14H,2-6,11-12,19H2,1H3,(H,20,24). The zero-order valence-corrected chi connectivity index (χ0v) is 15.4. The van der Waals surface area contributed by atoms with E-state index in [1.807, 2.05) is 31.2 Å². The molecule has 1 aromatic carbocycles. The van der Waals surface area contributed by atoms with Crippen LogP contribution in [0.3, 0.4) is 0 Å². The van der Waals surface area contributed by atoms with Crippen LogP contribution in [0.2, 0.25) is 0 Å². The molecular weight excluding hydrogens is 334 g/mol. The van der Waals surface area contributed by atoms with E-state index in [1.165, 1.54) is 54.1 Å². The van der Waals surface area contributed by atoms with Gasteiger partial charge in [-0.1, -0.05) is 60.9 Å². The summed E-state index contributed by atoms with van der Waals surface area (Å²) in [4.78, 5) is 12.1. The Morgan fingerprint density at radius 2 is 1.96 bits per heavy atom. The van der Waals surface area contributed by atoms with E-state index < -0.39 is 0 Å². The number of aryl methyl sites for hydroxylation is 1. The molecule has 1 saturated carbocycles. The first-order valence-electron chi connectivity index (χ1n) is 8.80. The number of thioether (sulfide) groups is 1. The van der Waals surface area contributed by atoms with Gasteiger partial charge in [0.15, 0.2) is 5.82 Å². The van der Waals surface area contributed by atoms with Crippen molar-refractivity contribution in [1.82, 2.24) is 20.2 Å². The average Bonchev–Trinajstić information content (AvgIpc) is 3.00. The Morgan fingerprint density at radius 3 is 2.68 bits per heavy atom. The van der Waals surface area contributed by atoms with Gasteiger partial charge in [0, 0.05) is 12.1 Å². The van der Waals surface area contributed by atoms with Crippen LogP contribution in [0.5, 0.6) is 0 Å². The van der Waals surface area contributed by atoms with Crippen LogP contribution in [-0.2, 0) is 4.79 Å². The summed E-state index contributed by atoms with van der Waals surface area (Å²) < 4.78 is 1.45. The fourth-order valence-electron chi connectivity index (χ4n) is 3.11. The summed E-state index contributed by atoms with van der Waals surface area (Å²) in [5.41, 5.74) is 2.09. The lowest BCUT2D eigenvalue weighted by Gasteiger charge is -2.21. The Kier molecular flexibility index (Phi) is 5.96. The topological polar surface area (TPSA) is 85.8 Å². The quantitative estimate of drug-likeness (QED) is 0.612. The van der Waals surface area contributed by atoms with Gasteiger partial charge in [-0.2, -0.15) is 0 Å². The van der Waals surface area contributed by atoms with Crippen LogP contribution in [0, 0.1) is 12.8 Å². The number of hydrogen-bond donors (Lipinski definition) is 2. The maximum absolute atomic E-state index is 12.1. The number of nitrogen functional groups attached to an aromatic ring is 1. The summed E-state index contributed by atoms with van der Waals surface area (Å²) in [6.45, 7) is 2.81. The van der Waals surface area contributed by atoms with Crippen molar-refractivity contribution in [2.45, 2.75) is 44.2 Å². The van der Waals surface area contributed by atoms with Gasteiger partial charge in [0.1, 0.15) is 0 Å². The van der Waals surface area contributed by atoms with Crippen molar-refractivity contribution in [3.05, 3.63) is 29.8 Å². The molecule has 0 bridgehead atoms. The van der Waals surface area contributed by atoms with E-state index in [0.717, 1.165) is 12.1 Å². The second-order valence-corrected chi connectivity index (χ2v) is 7.58. The Bertz CT molecular complexity index is 707. The van der Waals surface area contributed by atoms with E-state index in [2.05, 4.69) is 15.5 Å². The molecule has 0 atom stereocenters. The van der Waals surface area contributed by atoms with E-state index in [4.69, 9.17) is 5.84 Å². The number of nitrogens with zero attached hydrogens (tertiary/aromatic N) is 3. The molecule has 3 N–H and O–H groups in total. The number of rotatable bonds is 6. The highest BCUT2D eigenvalue weighted by molar-refractivity contribution is 7.99. The summed E-state index contributed by atoms with van der Waals surface area (Å²) in [6.07, 6.45) is 6.35. The fraction of sp³-hybridized carbons (Fsp3) is 0.500. The van der Waals surface area contributed by atoms with Gasteiger partial charge in [-0.05, 0) is 25.7 Å². The zero-order valence-electron chi connectivity index (χ0n) is 14.6. The number of amides is 1. The minimum absolute atomic E-state index is 0.0236. The Morgan fingerprint density at radius 1 is 1.24 bits per heavy atom. The molecule has 0 saturated heterocycles. The predicted octanol–water partition coefficient (Wildman–Crippen LogP) is 2.76. The molecule has 0 unspecified atom stereocenters. The number of carbonyl (C=O) groups excluding carboxylic acids is 1. The summed E-state index contributed by atoms with van der Waals surface area (Å²) >= 11 is 1.31. The fourth-order valence-corrected chi connectivity index (χ4v) is 3.79. The Hall–Kier alpha value is -2.02. The molecule has 7 heteroatoms. The van der Waals surface area contributed by atoms with Crippen molar-refractivity contribution in [2.24, 2.45) is 5.92 Å². The van der Waals surface area contributed by atoms with Gasteiger partial charge in [0.25, 0.3) is 0 Å². The molecule has 134 valence electrons. The molecule has 1 amide bonds. The monoisotopic (exact) mass is 359 g/mol. The van der Waals surface area contributed by atoms with E-state index >= 15 is 0 Å². The van der Waals surface area contributed by atoms with Crippen LogP contribution in [0.15, 0.2) is 29.4 Å². The maximum atomic E-state index is 12.1. The summed E-state index contributed by atoms with van der Waals surface area (Å²) in [5.74, 6) is 7.65. The lowest BCUT2D eigenvalue weighted by molar-refractivity contribution is -0.118. The molecule has 1 heterocycles. The first-order valence-corrected chi connectivity index (χ1v) is 9.79.